The first kappa shape index (κ1) is 14.6. The molecule has 1 aromatic carbocycles. The van der Waals surface area contributed by atoms with Crippen LogP contribution in [0.25, 0.3) is 0 Å². The van der Waals surface area contributed by atoms with Crippen molar-refractivity contribution in [3.63, 3.8) is 0 Å². The third kappa shape index (κ3) is 3.64. The highest BCUT2D eigenvalue weighted by Gasteiger charge is 2.23. The first-order valence-corrected chi connectivity index (χ1v) is 7.67. The van der Waals surface area contributed by atoms with Gasteiger partial charge in [0.15, 0.2) is 0 Å². The van der Waals surface area contributed by atoms with Crippen LogP contribution >= 0.6 is 23.2 Å². The van der Waals surface area contributed by atoms with Crippen LogP contribution in [0, 0.1) is 0 Å². The van der Waals surface area contributed by atoms with Gasteiger partial charge >= 0.3 is 0 Å². The zero-order valence-electron chi connectivity index (χ0n) is 11.5. The first-order valence-electron chi connectivity index (χ1n) is 6.91. The molecule has 1 aliphatic rings. The average Bonchev–Trinajstić information content (AvgIpc) is 2.96. The molecular weight excluding hydrogens is 307 g/mol. The third-order valence-corrected chi connectivity index (χ3v) is 4.21. The summed E-state index contributed by atoms with van der Waals surface area (Å²) in [5, 5.41) is 4.90. The van der Waals surface area contributed by atoms with Crippen LogP contribution in [0.15, 0.2) is 36.7 Å². The summed E-state index contributed by atoms with van der Waals surface area (Å²) in [7, 11) is 0. The van der Waals surface area contributed by atoms with Crippen molar-refractivity contribution in [1.82, 2.24) is 15.3 Å². The Labute approximate surface area is 134 Å². The smallest absolute Gasteiger partial charge is 0.225 e. The maximum Gasteiger partial charge on any atom is 0.225 e. The van der Waals surface area contributed by atoms with Gasteiger partial charge in [-0.2, -0.15) is 0 Å². The molecule has 21 heavy (non-hydrogen) atoms. The molecule has 1 saturated heterocycles. The third-order valence-electron chi connectivity index (χ3n) is 3.62. The van der Waals surface area contributed by atoms with Crippen LogP contribution in [0.1, 0.15) is 12.0 Å². The molecule has 4 nitrogen and oxygen atoms in total. The zero-order valence-corrected chi connectivity index (χ0v) is 13.0. The number of aromatic nitrogens is 2. The molecule has 1 aliphatic heterocycles. The Bertz CT molecular complexity index is 606. The van der Waals surface area contributed by atoms with Crippen molar-refractivity contribution < 1.29 is 0 Å². The minimum Gasteiger partial charge on any atom is -0.339 e. The summed E-state index contributed by atoms with van der Waals surface area (Å²) in [6, 6.07) is 7.85. The summed E-state index contributed by atoms with van der Waals surface area (Å²) in [5.74, 6) is 0.798. The Kier molecular flexibility index (Phi) is 4.58. The van der Waals surface area contributed by atoms with Crippen LogP contribution in [0.5, 0.6) is 0 Å². The van der Waals surface area contributed by atoms with Crippen LogP contribution in [0.3, 0.4) is 0 Å². The largest absolute Gasteiger partial charge is 0.339 e. The van der Waals surface area contributed by atoms with Gasteiger partial charge in [0, 0.05) is 48.1 Å². The van der Waals surface area contributed by atoms with Gasteiger partial charge in [0.05, 0.1) is 0 Å². The van der Waals surface area contributed by atoms with Crippen LogP contribution in [-0.2, 0) is 6.54 Å². The van der Waals surface area contributed by atoms with Gasteiger partial charge in [0.1, 0.15) is 0 Å². The molecule has 0 aliphatic carbocycles. The average molecular weight is 323 g/mol. The summed E-state index contributed by atoms with van der Waals surface area (Å²) >= 11 is 12.1. The van der Waals surface area contributed by atoms with Crippen molar-refractivity contribution >= 4 is 29.2 Å². The van der Waals surface area contributed by atoms with E-state index in [0.29, 0.717) is 16.1 Å². The number of hydrogen-bond donors (Lipinski definition) is 1. The van der Waals surface area contributed by atoms with Gasteiger partial charge in [-0.3, -0.25) is 0 Å². The normalized spacial score (nSPS) is 18.2. The topological polar surface area (TPSA) is 41.0 Å². The van der Waals surface area contributed by atoms with Crippen molar-refractivity contribution in [2.75, 3.05) is 18.0 Å². The van der Waals surface area contributed by atoms with Gasteiger partial charge in [0.2, 0.25) is 5.95 Å². The summed E-state index contributed by atoms with van der Waals surface area (Å²) in [5.41, 5.74) is 1.07. The fourth-order valence-electron chi connectivity index (χ4n) is 2.48. The minimum absolute atomic E-state index is 0.417. The lowest BCUT2D eigenvalue weighted by Crippen LogP contribution is -2.32. The molecule has 1 fully saturated rings. The summed E-state index contributed by atoms with van der Waals surface area (Å²) < 4.78 is 0. The highest BCUT2D eigenvalue weighted by molar-refractivity contribution is 6.35. The SMILES string of the molecule is Clc1ccc(CN[C@H]2CCN(c3ncccn3)C2)c(Cl)c1. The molecule has 6 heteroatoms. The Morgan fingerprint density at radius 3 is 2.81 bits per heavy atom. The number of nitrogens with zero attached hydrogens (tertiary/aromatic N) is 3. The molecule has 1 aromatic heterocycles. The highest BCUT2D eigenvalue weighted by Crippen LogP contribution is 2.21. The predicted molar refractivity (Wildman–Crippen MR) is 86.0 cm³/mol. The number of halogens is 2. The van der Waals surface area contributed by atoms with Gasteiger partial charge in [-0.15, -0.1) is 0 Å². The van der Waals surface area contributed by atoms with Crippen molar-refractivity contribution in [2.45, 2.75) is 19.0 Å². The molecular formula is C15H16Cl2N4. The first-order chi connectivity index (χ1) is 10.2. The Morgan fingerprint density at radius 2 is 2.05 bits per heavy atom. The molecule has 0 saturated carbocycles. The summed E-state index contributed by atoms with van der Waals surface area (Å²) in [6.07, 6.45) is 4.62. The number of anilines is 1. The second kappa shape index (κ2) is 6.60. The second-order valence-corrected chi connectivity index (χ2v) is 5.94. The summed E-state index contributed by atoms with van der Waals surface area (Å²) in [6.45, 7) is 2.62. The summed E-state index contributed by atoms with van der Waals surface area (Å²) in [4.78, 5) is 10.8. The second-order valence-electron chi connectivity index (χ2n) is 5.10. The molecule has 0 radical (unpaired) electrons. The fraction of sp³-hybridized carbons (Fsp3) is 0.333. The number of rotatable bonds is 4. The van der Waals surface area contributed by atoms with Crippen LogP contribution in [0.2, 0.25) is 10.0 Å². The molecule has 2 heterocycles. The Hall–Kier alpha value is -1.36. The molecule has 0 spiro atoms. The van der Waals surface area contributed by atoms with Crippen molar-refractivity contribution in [3.05, 3.63) is 52.3 Å². The molecule has 0 bridgehead atoms. The molecule has 0 unspecified atom stereocenters. The van der Waals surface area contributed by atoms with E-state index >= 15 is 0 Å². The lowest BCUT2D eigenvalue weighted by atomic mass is 10.2. The lowest BCUT2D eigenvalue weighted by Gasteiger charge is -2.16. The quantitative estimate of drug-likeness (QED) is 0.938. The highest BCUT2D eigenvalue weighted by atomic mass is 35.5. The molecule has 1 atom stereocenters. The molecule has 0 amide bonds. The zero-order chi connectivity index (χ0) is 14.7. The van der Waals surface area contributed by atoms with Gasteiger partial charge in [-0.05, 0) is 30.2 Å². The standard InChI is InChI=1S/C15H16Cl2N4/c16-12-3-2-11(14(17)8-12)9-20-13-4-7-21(10-13)15-18-5-1-6-19-15/h1-3,5-6,8,13,20H,4,7,9-10H2/t13-/m0/s1. The van der Waals surface area contributed by atoms with Crippen molar-refractivity contribution in [3.8, 4) is 0 Å². The maximum atomic E-state index is 6.18. The lowest BCUT2D eigenvalue weighted by molar-refractivity contribution is 0.551. The molecule has 3 rings (SSSR count). The van der Waals surface area contributed by atoms with E-state index in [0.717, 1.165) is 37.6 Å². The van der Waals surface area contributed by atoms with E-state index in [2.05, 4.69) is 20.2 Å². The maximum absolute atomic E-state index is 6.18. The van der Waals surface area contributed by atoms with Gasteiger partial charge in [-0.1, -0.05) is 29.3 Å². The van der Waals surface area contributed by atoms with Crippen molar-refractivity contribution in [2.24, 2.45) is 0 Å². The Balaban J connectivity index is 1.55. The van der Waals surface area contributed by atoms with E-state index < -0.39 is 0 Å². The van der Waals surface area contributed by atoms with Crippen molar-refractivity contribution in [1.29, 1.82) is 0 Å². The number of nitrogens with one attached hydrogen (secondary N) is 1. The minimum atomic E-state index is 0.417. The van der Waals surface area contributed by atoms with Crippen LogP contribution in [-0.4, -0.2) is 29.1 Å². The molecule has 110 valence electrons. The van der Waals surface area contributed by atoms with E-state index in [1.165, 1.54) is 0 Å². The number of hydrogen-bond acceptors (Lipinski definition) is 4. The number of benzene rings is 1. The van der Waals surface area contributed by atoms with Gasteiger partial charge in [-0.25, -0.2) is 9.97 Å². The van der Waals surface area contributed by atoms with Gasteiger partial charge in [0.25, 0.3) is 0 Å². The van der Waals surface area contributed by atoms with E-state index in [9.17, 15) is 0 Å². The predicted octanol–water partition coefficient (Wildman–Crippen LogP) is 3.15. The van der Waals surface area contributed by atoms with E-state index in [1.54, 1.807) is 18.5 Å². The van der Waals surface area contributed by atoms with Crippen LogP contribution in [0.4, 0.5) is 5.95 Å². The van der Waals surface area contributed by atoms with Gasteiger partial charge < -0.3 is 10.2 Å². The monoisotopic (exact) mass is 322 g/mol. The van der Waals surface area contributed by atoms with E-state index in [1.807, 2.05) is 18.2 Å². The van der Waals surface area contributed by atoms with Crippen LogP contribution < -0.4 is 10.2 Å². The van der Waals surface area contributed by atoms with E-state index in [4.69, 9.17) is 23.2 Å². The van der Waals surface area contributed by atoms with E-state index in [-0.39, 0.29) is 0 Å². The fourth-order valence-corrected chi connectivity index (χ4v) is 2.96. The molecule has 2 aromatic rings. The Morgan fingerprint density at radius 1 is 1.24 bits per heavy atom. The molecule has 1 N–H and O–H groups in total.